The normalized spacial score (nSPS) is 10.5. The van der Waals surface area contributed by atoms with Crippen molar-refractivity contribution in [1.82, 2.24) is 10.5 Å². The summed E-state index contributed by atoms with van der Waals surface area (Å²) in [5.74, 6) is -5.04. The molecule has 1 aromatic carbocycles. The summed E-state index contributed by atoms with van der Waals surface area (Å²) in [6, 6.07) is 2.41. The molecule has 0 bridgehead atoms. The number of rotatable bonds is 6. The second-order valence-corrected chi connectivity index (χ2v) is 5.49. The minimum Gasteiger partial charge on any atom is -0.479 e. The molecular weight excluding hydrogens is 370 g/mol. The Bertz CT molecular complexity index is 882. The summed E-state index contributed by atoms with van der Waals surface area (Å²) < 4.78 is 28.2. The van der Waals surface area contributed by atoms with Gasteiger partial charge in [-0.1, -0.05) is 23.1 Å². The number of aryl methyl sites for hydroxylation is 1. The molecular formula is C15H11BClF2N3O4. The van der Waals surface area contributed by atoms with Crippen molar-refractivity contribution in [2.75, 3.05) is 11.9 Å². The molecule has 2 aromatic rings. The van der Waals surface area contributed by atoms with Crippen molar-refractivity contribution >= 4 is 48.3 Å². The van der Waals surface area contributed by atoms with Crippen molar-refractivity contribution in [2.45, 2.75) is 6.92 Å². The summed E-state index contributed by atoms with van der Waals surface area (Å²) in [4.78, 5) is 30.9. The summed E-state index contributed by atoms with van der Waals surface area (Å²) in [6.07, 6.45) is 1.29. The molecule has 1 amide bonds. The van der Waals surface area contributed by atoms with Crippen molar-refractivity contribution in [3.05, 3.63) is 46.1 Å². The highest BCUT2D eigenvalue weighted by Crippen LogP contribution is 2.31. The van der Waals surface area contributed by atoms with E-state index in [9.17, 15) is 18.4 Å². The van der Waals surface area contributed by atoms with Crippen LogP contribution in [0.4, 0.5) is 20.3 Å². The van der Waals surface area contributed by atoms with E-state index in [0.717, 1.165) is 6.07 Å². The minimum atomic E-state index is -1.42. The Morgan fingerprint density at radius 2 is 2.04 bits per heavy atom. The molecule has 0 aliphatic carbocycles. The van der Waals surface area contributed by atoms with Gasteiger partial charge in [-0.3, -0.25) is 9.63 Å². The topological polar surface area (TPSA) is 101 Å². The molecule has 1 aromatic heterocycles. The Balaban J connectivity index is 2.41. The van der Waals surface area contributed by atoms with E-state index in [1.807, 2.05) is 0 Å². The highest BCUT2D eigenvalue weighted by molar-refractivity contribution is 6.32. The molecule has 1 heterocycles. The van der Waals surface area contributed by atoms with E-state index in [1.54, 1.807) is 12.4 Å². The monoisotopic (exact) mass is 381 g/mol. The molecule has 26 heavy (non-hydrogen) atoms. The van der Waals surface area contributed by atoms with Crippen molar-refractivity contribution in [3.8, 4) is 0 Å². The van der Waals surface area contributed by atoms with Gasteiger partial charge in [-0.05, 0) is 18.6 Å². The summed E-state index contributed by atoms with van der Waals surface area (Å²) in [5.41, 5.74) is 1.70. The third kappa shape index (κ3) is 4.47. The fourth-order valence-corrected chi connectivity index (χ4v) is 2.15. The van der Waals surface area contributed by atoms with Crippen LogP contribution in [-0.2, 0) is 9.63 Å². The molecule has 0 aliphatic rings. The van der Waals surface area contributed by atoms with Crippen LogP contribution in [0.1, 0.15) is 15.9 Å². The lowest BCUT2D eigenvalue weighted by Gasteiger charge is -2.15. The smallest absolute Gasteiger partial charge is 0.332 e. The minimum absolute atomic E-state index is 0.125. The third-order valence-electron chi connectivity index (χ3n) is 3.11. The first kappa shape index (κ1) is 19.6. The van der Waals surface area contributed by atoms with Crippen LogP contribution < -0.4 is 16.3 Å². The Hall–Kier alpha value is -2.72. The average Bonchev–Trinajstić information content (AvgIpc) is 2.56. The van der Waals surface area contributed by atoms with Crippen molar-refractivity contribution in [3.63, 3.8) is 0 Å². The number of aromatic nitrogens is 1. The summed E-state index contributed by atoms with van der Waals surface area (Å²) in [5, 5.41) is 10.4. The van der Waals surface area contributed by atoms with Crippen LogP contribution in [0.5, 0.6) is 0 Å². The first-order chi connectivity index (χ1) is 12.2. The van der Waals surface area contributed by atoms with E-state index in [-0.39, 0.29) is 5.82 Å². The second kappa shape index (κ2) is 8.11. The van der Waals surface area contributed by atoms with E-state index >= 15 is 0 Å². The largest absolute Gasteiger partial charge is 0.479 e. The van der Waals surface area contributed by atoms with Gasteiger partial charge in [0.15, 0.2) is 18.2 Å². The van der Waals surface area contributed by atoms with Gasteiger partial charge in [-0.15, -0.1) is 0 Å². The molecule has 11 heteroatoms. The summed E-state index contributed by atoms with van der Waals surface area (Å²) >= 11 is 5.58. The van der Waals surface area contributed by atoms with Crippen molar-refractivity contribution in [2.24, 2.45) is 0 Å². The van der Waals surface area contributed by atoms with Crippen LogP contribution in [0.3, 0.4) is 0 Å². The maximum atomic E-state index is 14.3. The number of nitrogens with zero attached hydrogens (tertiary/aromatic N) is 1. The number of hydrogen-bond donors (Lipinski definition) is 3. The zero-order valence-electron chi connectivity index (χ0n) is 13.3. The van der Waals surface area contributed by atoms with Gasteiger partial charge >= 0.3 is 5.97 Å². The van der Waals surface area contributed by atoms with Gasteiger partial charge in [0.1, 0.15) is 13.7 Å². The lowest BCUT2D eigenvalue weighted by molar-refractivity contribution is -0.144. The van der Waals surface area contributed by atoms with Gasteiger partial charge in [0.2, 0.25) is 0 Å². The van der Waals surface area contributed by atoms with Gasteiger partial charge in [-0.2, -0.15) is 0 Å². The Labute approximate surface area is 152 Å². The molecule has 0 spiro atoms. The van der Waals surface area contributed by atoms with Crippen LogP contribution in [-0.4, -0.2) is 36.4 Å². The first-order valence-electron chi connectivity index (χ1n) is 7.01. The van der Waals surface area contributed by atoms with Crippen molar-refractivity contribution < 1.29 is 28.3 Å². The molecule has 0 atom stereocenters. The van der Waals surface area contributed by atoms with Crippen molar-refractivity contribution in [1.29, 1.82) is 0 Å². The highest BCUT2D eigenvalue weighted by atomic mass is 35.5. The van der Waals surface area contributed by atoms with E-state index < -0.39 is 46.4 Å². The number of amides is 1. The molecule has 0 unspecified atom stereocenters. The average molecular weight is 382 g/mol. The lowest BCUT2D eigenvalue weighted by atomic mass is 9.97. The summed E-state index contributed by atoms with van der Waals surface area (Å²) in [6.45, 7) is 0.788. The number of hydrogen-bond acceptors (Lipinski definition) is 5. The van der Waals surface area contributed by atoms with Crippen LogP contribution in [0.25, 0.3) is 0 Å². The number of pyridine rings is 1. The predicted molar refractivity (Wildman–Crippen MR) is 90.1 cm³/mol. The first-order valence-corrected chi connectivity index (χ1v) is 7.39. The van der Waals surface area contributed by atoms with E-state index in [1.165, 1.54) is 12.3 Å². The maximum absolute atomic E-state index is 14.3. The number of carbonyl (C=O) groups excluding carboxylic acids is 1. The second-order valence-electron chi connectivity index (χ2n) is 5.08. The quantitative estimate of drug-likeness (QED) is 0.399. The zero-order valence-corrected chi connectivity index (χ0v) is 14.0. The number of benzene rings is 1. The van der Waals surface area contributed by atoms with E-state index in [2.05, 4.69) is 15.1 Å². The highest BCUT2D eigenvalue weighted by Gasteiger charge is 2.23. The van der Waals surface area contributed by atoms with Gasteiger partial charge in [0.25, 0.3) is 5.91 Å². The Morgan fingerprint density at radius 3 is 2.65 bits per heavy atom. The maximum Gasteiger partial charge on any atom is 0.332 e. The number of carbonyl (C=O) groups is 2. The molecule has 7 nitrogen and oxygen atoms in total. The number of hydroxylamine groups is 1. The SMILES string of the molecule is [B]c1cnc(Nc2c(C(=O)NOCC(=O)O)cc(Cl)c(F)c2F)c(C)c1. The van der Waals surface area contributed by atoms with E-state index in [0.29, 0.717) is 11.0 Å². The number of aliphatic carboxylic acids is 1. The van der Waals surface area contributed by atoms with E-state index in [4.69, 9.17) is 24.6 Å². The number of halogens is 3. The molecule has 0 aliphatic heterocycles. The van der Waals surface area contributed by atoms with Crippen LogP contribution in [0.15, 0.2) is 18.3 Å². The summed E-state index contributed by atoms with van der Waals surface area (Å²) in [7, 11) is 5.58. The molecule has 3 N–H and O–H groups in total. The lowest BCUT2D eigenvalue weighted by Crippen LogP contribution is -2.27. The Kier molecular flexibility index (Phi) is 6.12. The molecule has 0 saturated heterocycles. The van der Waals surface area contributed by atoms with Crippen LogP contribution >= 0.6 is 11.6 Å². The van der Waals surface area contributed by atoms with Crippen LogP contribution in [0, 0.1) is 18.6 Å². The molecule has 134 valence electrons. The van der Waals surface area contributed by atoms with Gasteiger partial charge in [0.05, 0.1) is 16.3 Å². The fourth-order valence-electron chi connectivity index (χ4n) is 1.96. The third-order valence-corrected chi connectivity index (χ3v) is 3.39. The van der Waals surface area contributed by atoms with Gasteiger partial charge in [-0.25, -0.2) is 24.0 Å². The fraction of sp³-hybridized carbons (Fsp3) is 0.133. The number of carboxylic acids is 1. The molecule has 2 rings (SSSR count). The van der Waals surface area contributed by atoms with Gasteiger partial charge < -0.3 is 10.4 Å². The number of anilines is 2. The standard InChI is InChI=1S/C15H11BClF2N3O4/c1-6-2-7(16)4-20-14(6)21-13-8(3-9(17)11(18)12(13)19)15(25)22-26-5-10(23)24/h2-4H,5H2,1H3,(H,20,21)(H,22,25)(H,23,24). The molecule has 2 radical (unpaired) electrons. The number of nitrogens with one attached hydrogen (secondary N) is 2. The van der Waals surface area contributed by atoms with Crippen LogP contribution in [0.2, 0.25) is 5.02 Å². The Morgan fingerprint density at radius 1 is 1.35 bits per heavy atom. The molecule has 0 fully saturated rings. The molecule has 0 saturated carbocycles. The van der Waals surface area contributed by atoms with Gasteiger partial charge in [0, 0.05) is 6.20 Å². The predicted octanol–water partition coefficient (Wildman–Crippen LogP) is 1.61. The number of carboxylic acid groups (broad SMARTS) is 1. The zero-order chi connectivity index (χ0) is 19.4.